The molecule has 23 heavy (non-hydrogen) atoms. The van der Waals surface area contributed by atoms with Crippen LogP contribution in [0.3, 0.4) is 0 Å². The highest BCUT2D eigenvalue weighted by Crippen LogP contribution is 2.36. The summed E-state index contributed by atoms with van der Waals surface area (Å²) in [5, 5.41) is 2.67. The van der Waals surface area contributed by atoms with Gasteiger partial charge < -0.3 is 10.2 Å². The van der Waals surface area contributed by atoms with Gasteiger partial charge in [0, 0.05) is 18.2 Å². The van der Waals surface area contributed by atoms with Crippen LogP contribution in [-0.2, 0) is 9.59 Å². The third kappa shape index (κ3) is 2.92. The second kappa shape index (κ2) is 5.79. The molecule has 2 aromatic carbocycles. The third-order valence-electron chi connectivity index (χ3n) is 3.80. The molecular formula is C17H14F2N2O2. The minimum Gasteiger partial charge on any atom is -0.324 e. The Bertz CT molecular complexity index is 775. The van der Waals surface area contributed by atoms with Gasteiger partial charge in [-0.15, -0.1) is 0 Å². The van der Waals surface area contributed by atoms with Gasteiger partial charge in [0.2, 0.25) is 11.8 Å². The van der Waals surface area contributed by atoms with Gasteiger partial charge in [0.25, 0.3) is 0 Å². The van der Waals surface area contributed by atoms with E-state index in [4.69, 9.17) is 0 Å². The van der Waals surface area contributed by atoms with Gasteiger partial charge in [-0.1, -0.05) is 12.1 Å². The van der Waals surface area contributed by atoms with E-state index in [2.05, 4.69) is 5.32 Å². The molecule has 0 saturated carbocycles. The number of benzene rings is 2. The largest absolute Gasteiger partial charge is 0.324 e. The lowest BCUT2D eigenvalue weighted by Crippen LogP contribution is -2.37. The van der Waals surface area contributed by atoms with E-state index in [1.807, 2.05) is 0 Å². The number of amides is 2. The summed E-state index contributed by atoms with van der Waals surface area (Å²) in [6.07, 6.45) is 0. The molecule has 0 aromatic heterocycles. The van der Waals surface area contributed by atoms with E-state index in [9.17, 15) is 18.4 Å². The molecule has 1 N–H and O–H groups in total. The van der Waals surface area contributed by atoms with Crippen molar-refractivity contribution in [3.05, 3.63) is 65.2 Å². The molecule has 118 valence electrons. The maximum atomic E-state index is 13.7. The summed E-state index contributed by atoms with van der Waals surface area (Å²) >= 11 is 0. The van der Waals surface area contributed by atoms with E-state index in [1.54, 1.807) is 0 Å². The van der Waals surface area contributed by atoms with E-state index in [0.29, 0.717) is 16.8 Å². The van der Waals surface area contributed by atoms with Crippen LogP contribution in [0.2, 0.25) is 0 Å². The number of halogens is 2. The molecule has 1 aliphatic heterocycles. The van der Waals surface area contributed by atoms with E-state index in [1.165, 1.54) is 54.3 Å². The summed E-state index contributed by atoms with van der Waals surface area (Å²) in [6, 6.07) is 8.91. The molecule has 0 aliphatic carbocycles. The molecule has 0 unspecified atom stereocenters. The fourth-order valence-electron chi connectivity index (χ4n) is 2.77. The van der Waals surface area contributed by atoms with E-state index in [0.717, 1.165) is 0 Å². The SMILES string of the molecule is CC(=O)N1CC(=O)Nc2ccc(F)cc2[C@@H]1c1ccc(F)cc1. The molecule has 4 nitrogen and oxygen atoms in total. The van der Waals surface area contributed by atoms with Crippen molar-refractivity contribution in [3.8, 4) is 0 Å². The molecule has 1 aliphatic rings. The molecule has 0 spiro atoms. The van der Waals surface area contributed by atoms with Crippen molar-refractivity contribution in [3.63, 3.8) is 0 Å². The van der Waals surface area contributed by atoms with Gasteiger partial charge in [-0.3, -0.25) is 9.59 Å². The van der Waals surface area contributed by atoms with Crippen LogP contribution in [0.5, 0.6) is 0 Å². The number of carbonyl (C=O) groups excluding carboxylic acids is 2. The molecule has 0 fully saturated rings. The van der Waals surface area contributed by atoms with Crippen LogP contribution in [0.1, 0.15) is 24.1 Å². The number of carbonyl (C=O) groups is 2. The minimum absolute atomic E-state index is 0.159. The van der Waals surface area contributed by atoms with E-state index in [-0.39, 0.29) is 18.4 Å². The molecule has 2 aromatic rings. The predicted molar refractivity (Wildman–Crippen MR) is 80.7 cm³/mol. The molecule has 6 heteroatoms. The van der Waals surface area contributed by atoms with Gasteiger partial charge in [0.15, 0.2) is 0 Å². The first-order chi connectivity index (χ1) is 11.0. The molecule has 1 heterocycles. The summed E-state index contributed by atoms with van der Waals surface area (Å²) in [7, 11) is 0. The summed E-state index contributed by atoms with van der Waals surface area (Å²) in [6.45, 7) is 1.18. The Morgan fingerprint density at radius 2 is 1.78 bits per heavy atom. The van der Waals surface area contributed by atoms with E-state index < -0.39 is 17.7 Å². The van der Waals surface area contributed by atoms with Crippen LogP contribution in [0.4, 0.5) is 14.5 Å². The first-order valence-corrected chi connectivity index (χ1v) is 7.07. The molecular weight excluding hydrogens is 302 g/mol. The zero-order chi connectivity index (χ0) is 16.6. The van der Waals surface area contributed by atoms with Gasteiger partial charge in [0.1, 0.15) is 18.2 Å². The number of fused-ring (bicyclic) bond motifs is 1. The van der Waals surface area contributed by atoms with Crippen molar-refractivity contribution in [2.45, 2.75) is 13.0 Å². The molecule has 1 atom stereocenters. The Hall–Kier alpha value is -2.76. The highest BCUT2D eigenvalue weighted by Gasteiger charge is 2.32. The summed E-state index contributed by atoms with van der Waals surface area (Å²) in [5.41, 5.74) is 1.50. The lowest BCUT2D eigenvalue weighted by atomic mass is 9.95. The monoisotopic (exact) mass is 316 g/mol. The van der Waals surface area contributed by atoms with Crippen molar-refractivity contribution in [1.82, 2.24) is 4.90 Å². The molecule has 3 rings (SSSR count). The van der Waals surface area contributed by atoms with Crippen LogP contribution >= 0.6 is 0 Å². The summed E-state index contributed by atoms with van der Waals surface area (Å²) in [4.78, 5) is 25.4. The number of hydrogen-bond donors (Lipinski definition) is 1. The highest BCUT2D eigenvalue weighted by molar-refractivity contribution is 5.96. The van der Waals surface area contributed by atoms with Gasteiger partial charge in [-0.2, -0.15) is 0 Å². The number of anilines is 1. The number of hydrogen-bond acceptors (Lipinski definition) is 2. The van der Waals surface area contributed by atoms with Gasteiger partial charge >= 0.3 is 0 Å². The van der Waals surface area contributed by atoms with Crippen molar-refractivity contribution >= 4 is 17.5 Å². The number of nitrogens with one attached hydrogen (secondary N) is 1. The van der Waals surface area contributed by atoms with Crippen LogP contribution in [0.25, 0.3) is 0 Å². The maximum Gasteiger partial charge on any atom is 0.244 e. The van der Waals surface area contributed by atoms with E-state index >= 15 is 0 Å². The predicted octanol–water partition coefficient (Wildman–Crippen LogP) is 2.85. The topological polar surface area (TPSA) is 49.4 Å². The van der Waals surface area contributed by atoms with Gasteiger partial charge in [-0.05, 0) is 35.9 Å². The fourth-order valence-corrected chi connectivity index (χ4v) is 2.77. The lowest BCUT2D eigenvalue weighted by Gasteiger charge is -2.29. The molecule has 0 saturated heterocycles. The van der Waals surface area contributed by atoms with Crippen LogP contribution in [0.15, 0.2) is 42.5 Å². The van der Waals surface area contributed by atoms with Crippen molar-refractivity contribution in [2.24, 2.45) is 0 Å². The zero-order valence-corrected chi connectivity index (χ0v) is 12.3. The quantitative estimate of drug-likeness (QED) is 0.879. The highest BCUT2D eigenvalue weighted by atomic mass is 19.1. The first-order valence-electron chi connectivity index (χ1n) is 7.07. The zero-order valence-electron chi connectivity index (χ0n) is 12.3. The number of nitrogens with zero attached hydrogens (tertiary/aromatic N) is 1. The van der Waals surface area contributed by atoms with Gasteiger partial charge in [0.05, 0.1) is 6.04 Å². The normalized spacial score (nSPS) is 17.3. The molecule has 0 radical (unpaired) electrons. The third-order valence-corrected chi connectivity index (χ3v) is 3.80. The van der Waals surface area contributed by atoms with Crippen LogP contribution in [-0.4, -0.2) is 23.3 Å². The lowest BCUT2D eigenvalue weighted by molar-refractivity contribution is -0.134. The molecule has 0 bridgehead atoms. The fraction of sp³-hybridized carbons (Fsp3) is 0.176. The maximum absolute atomic E-state index is 13.7. The molecule has 2 amide bonds. The Balaban J connectivity index is 2.21. The smallest absolute Gasteiger partial charge is 0.244 e. The summed E-state index contributed by atoms with van der Waals surface area (Å²) < 4.78 is 26.9. The Morgan fingerprint density at radius 3 is 2.43 bits per heavy atom. The van der Waals surface area contributed by atoms with Crippen LogP contribution in [0, 0.1) is 11.6 Å². The Morgan fingerprint density at radius 1 is 1.13 bits per heavy atom. The average Bonchev–Trinajstić information content (AvgIpc) is 2.64. The second-order valence-corrected chi connectivity index (χ2v) is 5.38. The first kappa shape index (κ1) is 15.1. The standard InChI is InChI=1S/C17H14F2N2O2/c1-10(22)21-9-16(23)20-15-7-6-13(19)8-14(15)17(21)11-2-4-12(18)5-3-11/h2-8,17H,9H2,1H3,(H,20,23)/t17-/m0/s1. The Kier molecular flexibility index (Phi) is 3.82. The summed E-state index contributed by atoms with van der Waals surface area (Å²) in [5.74, 6) is -1.58. The average molecular weight is 316 g/mol. The van der Waals surface area contributed by atoms with Gasteiger partial charge in [-0.25, -0.2) is 8.78 Å². The van der Waals surface area contributed by atoms with Crippen LogP contribution < -0.4 is 5.32 Å². The van der Waals surface area contributed by atoms with Crippen molar-refractivity contribution < 1.29 is 18.4 Å². The van der Waals surface area contributed by atoms with Crippen molar-refractivity contribution in [1.29, 1.82) is 0 Å². The van der Waals surface area contributed by atoms with Crippen molar-refractivity contribution in [2.75, 3.05) is 11.9 Å². The second-order valence-electron chi connectivity index (χ2n) is 5.38. The minimum atomic E-state index is -0.669. The number of rotatable bonds is 1. The Labute approximate surface area is 131 Å².